The maximum Gasteiger partial charge on any atom is 0.407 e. The number of pyridine rings is 2. The summed E-state index contributed by atoms with van der Waals surface area (Å²) in [4.78, 5) is 196. The van der Waals surface area contributed by atoms with E-state index in [9.17, 15) is 82.1 Å². The maximum atomic E-state index is 15.4. The fourth-order valence-electron chi connectivity index (χ4n) is 14.6. The number of nitrogens with two attached hydrogens (primary N) is 2. The van der Waals surface area contributed by atoms with Gasteiger partial charge in [0.05, 0.1) is 47.7 Å². The number of primary amides is 2. The Bertz CT molecular complexity index is 4700. The van der Waals surface area contributed by atoms with Crippen LogP contribution in [0.4, 0.5) is 30.1 Å². The molecule has 3 aromatic carbocycles. The SMILES string of the molecule is CC(C)[C@H](NC(=O)CCCCCN1C(=O)C=CC1=O)C(=O)C[C@@H](CCCNC(N)=O)C(=O)Nc1ccc(CO)cc1.CC[C@@]1(O)C(=O)OCc2c1cc1n(c2=O)Cc2c-1nc1cc(F)c(C)c3c1c2[C@@H](NC(=O)OCc1ccc(NC(=O)[C@H](CCCNC(N)=O)NC(=O)[C@@H](NC(=O)CCCCCN2C(=O)C=CC2=O)C(C)C)cc1)CC3. The molecule has 2 aromatic heterocycles. The predicted octanol–water partition coefficient (Wildman–Crippen LogP) is 5.71. The first-order chi connectivity index (χ1) is 55.3. The number of rotatable bonds is 38. The molecule has 0 spiro atoms. The van der Waals surface area contributed by atoms with Gasteiger partial charge in [0.15, 0.2) is 11.4 Å². The Morgan fingerprint density at radius 2 is 1.21 bits per heavy atom. The lowest BCUT2D eigenvalue weighted by Gasteiger charge is -2.31. The van der Waals surface area contributed by atoms with Gasteiger partial charge in [-0.1, -0.05) is 71.7 Å². The average Bonchev–Trinajstić information content (AvgIpc) is 1.52. The molecule has 33 nitrogen and oxygen atoms in total. The number of hydrogen-bond acceptors (Lipinski definition) is 20. The van der Waals surface area contributed by atoms with Crippen LogP contribution in [-0.2, 0) is 101 Å². The Kier molecular flexibility index (Phi) is 30.5. The van der Waals surface area contributed by atoms with E-state index < -0.39 is 83.0 Å². The lowest BCUT2D eigenvalue weighted by atomic mass is 9.81. The van der Waals surface area contributed by atoms with Crippen molar-refractivity contribution >= 4 is 105 Å². The number of nitrogens with one attached hydrogen (secondary N) is 8. The predicted molar refractivity (Wildman–Crippen MR) is 421 cm³/mol. The van der Waals surface area contributed by atoms with Crippen molar-refractivity contribution in [2.75, 3.05) is 36.8 Å². The molecule has 14 amide bonds. The highest BCUT2D eigenvalue weighted by Gasteiger charge is 2.46. The number of benzene rings is 3. The van der Waals surface area contributed by atoms with Crippen LogP contribution in [0.1, 0.15) is 181 Å². The lowest BCUT2D eigenvalue weighted by molar-refractivity contribution is -0.172. The molecule has 5 aromatic rings. The number of nitrogens with zero attached hydrogens (tertiary/aromatic N) is 4. The second-order valence-electron chi connectivity index (χ2n) is 30.0. The molecule has 6 atom stereocenters. The summed E-state index contributed by atoms with van der Waals surface area (Å²) < 4.78 is 27.8. The summed E-state index contributed by atoms with van der Waals surface area (Å²) in [5.41, 5.74) is 13.7. The van der Waals surface area contributed by atoms with Gasteiger partial charge in [-0.25, -0.2) is 28.6 Å². The van der Waals surface area contributed by atoms with Gasteiger partial charge >= 0.3 is 24.1 Å². The van der Waals surface area contributed by atoms with Crippen LogP contribution in [0.2, 0.25) is 0 Å². The second-order valence-corrected chi connectivity index (χ2v) is 30.0. The summed E-state index contributed by atoms with van der Waals surface area (Å²) in [6, 6.07) is 11.1. The Labute approximate surface area is 668 Å². The molecule has 0 fully saturated rings. The highest BCUT2D eigenvalue weighted by molar-refractivity contribution is 6.13. The van der Waals surface area contributed by atoms with E-state index in [2.05, 4.69) is 42.5 Å². The van der Waals surface area contributed by atoms with Crippen molar-refractivity contribution in [3.8, 4) is 11.4 Å². The minimum absolute atomic E-state index is 0.0418. The number of esters is 1. The molecule has 4 aliphatic heterocycles. The number of unbranched alkanes of at least 4 members (excludes halogenated alkanes) is 4. The molecule has 5 aliphatic rings. The van der Waals surface area contributed by atoms with E-state index in [4.69, 9.17) is 25.9 Å². The quantitative estimate of drug-likeness (QED) is 0.0125. The summed E-state index contributed by atoms with van der Waals surface area (Å²) in [6.45, 7) is 10.8. The smallest absolute Gasteiger partial charge is 0.407 e. The maximum absolute atomic E-state index is 15.4. The van der Waals surface area contributed by atoms with Crippen molar-refractivity contribution in [2.45, 2.75) is 200 Å². The van der Waals surface area contributed by atoms with Gasteiger partial charge in [0, 0.05) is 110 Å². The zero-order valence-corrected chi connectivity index (χ0v) is 65.8. The van der Waals surface area contributed by atoms with Crippen molar-refractivity contribution in [1.29, 1.82) is 0 Å². The molecular formula is C82H101FN14O19. The molecule has 14 N–H and O–H groups in total. The average molecular weight is 1610 g/mol. The summed E-state index contributed by atoms with van der Waals surface area (Å²) in [5.74, 6) is -6.48. The monoisotopic (exact) mass is 1600 g/mol. The van der Waals surface area contributed by atoms with Crippen molar-refractivity contribution in [3.63, 3.8) is 0 Å². The first-order valence-corrected chi connectivity index (χ1v) is 39.0. The van der Waals surface area contributed by atoms with Crippen molar-refractivity contribution < 1.29 is 91.2 Å². The molecule has 1 aliphatic carbocycles. The normalized spacial score (nSPS) is 16.6. The Morgan fingerprint density at radius 1 is 0.664 bits per heavy atom. The standard InChI is InChI=1S/C53H60FN9O12.C29H41N5O7/c1-5-53(73)34-22-39-46-32(24-63(39)49(69)33(34)26-74-50(53)70)44-36(17-16-31-28(4)35(54)23-38(58-46)43(31)44)60-52(72)75-25-29-12-14-30(15-13-29)57-47(67)37(10-9-20-56-51(55)71)59-48(68)45(27(2)3)61-40(64)11-7-6-8-21-62-41(65)18-19-42(62)66;1-19(2)27(33-24(37)8-4-3-5-16-34-25(38)13-14-26(34)39)23(36)17-21(7-6-15-31-29(30)41)28(40)32-22-11-9-20(18-35)10-12-22/h12-15,18-19,22-23,27,36-37,45,73H,5-11,16-17,20-21,24-26H2,1-4H3,(H,57,67)(H,59,68)(H,60,72)(H,61,64)(H3,55,56,71);9-14,19,21,27,35H,3-8,15-18H2,1-2H3,(H,32,40)(H,33,37)(H3,30,31,41)/t36-,37-,45-,53-;21-,27+/m01/s1. The third-order valence-corrected chi connectivity index (χ3v) is 21.1. The van der Waals surface area contributed by atoms with Crippen LogP contribution in [0, 0.1) is 30.5 Å². The molecular weight excluding hydrogens is 1500 g/mol. The van der Waals surface area contributed by atoms with E-state index >= 15 is 4.39 Å². The zero-order valence-electron chi connectivity index (χ0n) is 65.8. The number of alkyl carbamates (subject to hydrolysis) is 1. The summed E-state index contributed by atoms with van der Waals surface area (Å²) >= 11 is 0. The van der Waals surface area contributed by atoms with Gasteiger partial charge in [-0.15, -0.1) is 0 Å². The summed E-state index contributed by atoms with van der Waals surface area (Å²) in [6.07, 6.45) is 9.41. The number of cyclic esters (lactones) is 1. The lowest BCUT2D eigenvalue weighted by Crippen LogP contribution is -2.54. The van der Waals surface area contributed by atoms with E-state index in [1.54, 1.807) is 82.3 Å². The number of aliphatic hydroxyl groups is 2. The number of aromatic nitrogens is 2. The van der Waals surface area contributed by atoms with Gasteiger partial charge < -0.3 is 78.3 Å². The molecule has 0 bridgehead atoms. The number of urea groups is 2. The number of amides is 14. The van der Waals surface area contributed by atoms with Crippen LogP contribution in [0.5, 0.6) is 0 Å². The van der Waals surface area contributed by atoms with E-state index in [1.807, 2.05) is 13.8 Å². The number of ketones is 1. The van der Waals surface area contributed by atoms with Crippen molar-refractivity contribution in [3.05, 3.63) is 146 Å². The van der Waals surface area contributed by atoms with Crippen LogP contribution < -0.4 is 59.6 Å². The molecule has 6 heterocycles. The number of fused-ring (bicyclic) bond motifs is 5. The third-order valence-electron chi connectivity index (χ3n) is 21.1. The number of anilines is 2. The fraction of sp³-hybridized carbons (Fsp3) is 0.463. The zero-order chi connectivity index (χ0) is 84.2. The van der Waals surface area contributed by atoms with Crippen molar-refractivity contribution in [1.82, 2.24) is 51.3 Å². The van der Waals surface area contributed by atoms with Gasteiger partial charge in [-0.2, -0.15) is 0 Å². The number of aryl methyl sites for hydroxylation is 1. The number of ether oxygens (including phenoxy) is 2. The number of aliphatic hydroxyl groups excluding tert-OH is 1. The van der Waals surface area contributed by atoms with Crippen LogP contribution in [-0.4, -0.2) is 157 Å². The Hall–Kier alpha value is -12.1. The summed E-state index contributed by atoms with van der Waals surface area (Å²) in [5, 5.41) is 43.1. The van der Waals surface area contributed by atoms with Gasteiger partial charge in [0.2, 0.25) is 29.5 Å². The molecule has 10 rings (SSSR count). The molecule has 0 saturated carbocycles. The van der Waals surface area contributed by atoms with E-state index in [1.165, 1.54) is 34.9 Å². The number of hydrogen-bond donors (Lipinski definition) is 12. The van der Waals surface area contributed by atoms with Gasteiger partial charge in [0.25, 0.3) is 29.2 Å². The number of carbonyl (C=O) groups is 14. The van der Waals surface area contributed by atoms with Crippen LogP contribution in [0.3, 0.4) is 0 Å². The van der Waals surface area contributed by atoms with E-state index in [0.717, 1.165) is 15.4 Å². The molecule has 0 unspecified atom stereocenters. The highest BCUT2D eigenvalue weighted by Crippen LogP contribution is 2.46. The highest BCUT2D eigenvalue weighted by atomic mass is 19.1. The van der Waals surface area contributed by atoms with Gasteiger partial charge in [0.1, 0.15) is 31.1 Å². The minimum Gasteiger partial charge on any atom is -0.458 e. The van der Waals surface area contributed by atoms with Gasteiger partial charge in [-0.3, -0.25) is 62.5 Å². The largest absolute Gasteiger partial charge is 0.458 e. The third kappa shape index (κ3) is 22.3. The molecule has 0 radical (unpaired) electrons. The van der Waals surface area contributed by atoms with Crippen LogP contribution in [0.15, 0.2) is 89.8 Å². The topological polar surface area (TPSA) is 488 Å². The molecule has 620 valence electrons. The Morgan fingerprint density at radius 3 is 1.75 bits per heavy atom. The number of Topliss-reactive ketones (excluding diaryl/α,β-unsaturated/α-hetero) is 1. The number of halogens is 1. The van der Waals surface area contributed by atoms with E-state index in [-0.39, 0.29) is 155 Å². The number of imide groups is 2. The van der Waals surface area contributed by atoms with Crippen LogP contribution in [0.25, 0.3) is 22.3 Å². The second kappa shape index (κ2) is 40.3. The van der Waals surface area contributed by atoms with Crippen molar-refractivity contribution in [2.24, 2.45) is 29.2 Å². The molecule has 116 heavy (non-hydrogen) atoms. The minimum atomic E-state index is -2.05. The molecule has 0 saturated heterocycles. The summed E-state index contributed by atoms with van der Waals surface area (Å²) in [7, 11) is 0. The Balaban J connectivity index is 0.000000317. The van der Waals surface area contributed by atoms with E-state index in [0.29, 0.717) is 132 Å². The van der Waals surface area contributed by atoms with Gasteiger partial charge in [-0.05, 0) is 148 Å². The molecule has 34 heteroatoms. The first kappa shape index (κ1) is 87.9. The van der Waals surface area contributed by atoms with Crippen LogP contribution >= 0.6 is 0 Å². The fourth-order valence-corrected chi connectivity index (χ4v) is 14.6. The first-order valence-electron chi connectivity index (χ1n) is 39.0. The number of carbonyl (C=O) groups excluding carboxylic acids is 14.